The average molecular weight is 775 g/mol. The molecule has 0 spiro atoms. The van der Waals surface area contributed by atoms with Crippen molar-refractivity contribution < 1.29 is 39.0 Å². The summed E-state index contributed by atoms with van der Waals surface area (Å²) >= 11 is 0. The van der Waals surface area contributed by atoms with Crippen molar-refractivity contribution in [2.75, 3.05) is 6.54 Å². The summed E-state index contributed by atoms with van der Waals surface area (Å²) in [6.45, 7) is 5.70. The first-order valence-corrected chi connectivity index (χ1v) is 19.1. The van der Waals surface area contributed by atoms with Crippen LogP contribution in [0.15, 0.2) is 67.1 Å². The lowest BCUT2D eigenvalue weighted by Gasteiger charge is -2.31. The summed E-state index contributed by atoms with van der Waals surface area (Å²) in [7, 11) is 0. The zero-order valence-electron chi connectivity index (χ0n) is 32.1. The third-order valence-corrected chi connectivity index (χ3v) is 10.1. The number of rotatable bonds is 20. The van der Waals surface area contributed by atoms with Gasteiger partial charge < -0.3 is 47.1 Å². The van der Waals surface area contributed by atoms with Crippen molar-refractivity contribution in [2.45, 2.75) is 108 Å². The fourth-order valence-corrected chi connectivity index (χ4v) is 6.65. The molecule has 4 rings (SSSR count). The van der Waals surface area contributed by atoms with E-state index in [1.165, 1.54) is 29.6 Å². The summed E-state index contributed by atoms with van der Waals surface area (Å²) in [5.41, 5.74) is 7.95. The summed E-state index contributed by atoms with van der Waals surface area (Å²) in [4.78, 5) is 89.5. The number of phenolic OH excluding ortho intramolecular Hbond substituents is 1. The molecule has 7 atom stereocenters. The number of aromatic nitrogens is 2. The highest BCUT2D eigenvalue weighted by atomic mass is 16.4. The van der Waals surface area contributed by atoms with E-state index in [4.69, 9.17) is 5.73 Å². The van der Waals surface area contributed by atoms with Gasteiger partial charge in [-0.1, -0.05) is 76.1 Å². The maximum absolute atomic E-state index is 14.3. The van der Waals surface area contributed by atoms with Crippen molar-refractivity contribution in [1.82, 2.24) is 36.1 Å². The highest BCUT2D eigenvalue weighted by Crippen LogP contribution is 2.21. The maximum atomic E-state index is 14.3. The number of nitrogens with one attached hydrogen (secondary N) is 5. The zero-order chi connectivity index (χ0) is 40.8. The number of aliphatic carboxylic acids is 1. The molecule has 0 radical (unpaired) electrons. The predicted octanol–water partition coefficient (Wildman–Crippen LogP) is 1.33. The first-order chi connectivity index (χ1) is 26.8. The number of carbonyl (C=O) groups is 6. The van der Waals surface area contributed by atoms with Gasteiger partial charge in [0.25, 0.3) is 0 Å². The van der Waals surface area contributed by atoms with E-state index >= 15 is 0 Å². The van der Waals surface area contributed by atoms with Crippen LogP contribution in [-0.4, -0.2) is 103 Å². The molecule has 9 N–H and O–H groups in total. The van der Waals surface area contributed by atoms with Crippen molar-refractivity contribution >= 4 is 35.5 Å². The van der Waals surface area contributed by atoms with Crippen molar-refractivity contribution in [3.05, 3.63) is 83.9 Å². The number of hydrogen-bond acceptors (Lipinski definition) is 9. The number of nitrogens with two attached hydrogens (primary N) is 1. The van der Waals surface area contributed by atoms with Gasteiger partial charge in [0.05, 0.1) is 12.4 Å². The standard InChI is InChI=1S/C40H54N8O8/c1-4-10-29(41)35(50)44-30(19-26-14-16-28(49)17-15-26)36(51)47-34(24(3)5-2)38(53)45-31(21-27-22-42-23-43-27)39(54)48-18-9-13-33(48)37(52)46-32(40(55)56)20-25-11-7-6-8-12-25/h6-8,11-12,14-17,22-24,29-34,49H,4-5,9-10,13,18-21,41H2,1-3H3,(H,42,43)(H,44,50)(H,45,53)(H,46,52)(H,47,51)(H,55,56)/t24?,29-,30-,31-,32-,33-,34-/m0/s1. The molecule has 1 aliphatic heterocycles. The van der Waals surface area contributed by atoms with Gasteiger partial charge >= 0.3 is 5.97 Å². The number of nitrogens with zero attached hydrogens (tertiary/aromatic N) is 2. The molecular formula is C40H54N8O8. The number of benzene rings is 2. The highest BCUT2D eigenvalue weighted by Gasteiger charge is 2.40. The number of carbonyl (C=O) groups excluding carboxylic acids is 5. The third kappa shape index (κ3) is 12.1. The Morgan fingerprint density at radius 1 is 0.857 bits per heavy atom. The number of hydrogen-bond donors (Lipinski definition) is 8. The van der Waals surface area contributed by atoms with Crippen LogP contribution in [0, 0.1) is 5.92 Å². The number of H-pyrrole nitrogens is 1. The van der Waals surface area contributed by atoms with Crippen molar-refractivity contribution in [3.8, 4) is 5.75 Å². The second kappa shape index (κ2) is 20.8. The second-order valence-electron chi connectivity index (χ2n) is 14.3. The van der Waals surface area contributed by atoms with E-state index in [1.807, 2.05) is 13.8 Å². The van der Waals surface area contributed by atoms with Gasteiger partial charge in [-0.05, 0) is 48.4 Å². The Morgan fingerprint density at radius 3 is 2.14 bits per heavy atom. The van der Waals surface area contributed by atoms with E-state index in [-0.39, 0.29) is 31.6 Å². The molecule has 2 aromatic carbocycles. The van der Waals surface area contributed by atoms with Crippen LogP contribution >= 0.6 is 0 Å². The molecule has 2 heterocycles. The number of phenols is 1. The molecule has 3 aromatic rings. The molecule has 0 saturated carbocycles. The van der Waals surface area contributed by atoms with Crippen LogP contribution < -0.4 is 27.0 Å². The summed E-state index contributed by atoms with van der Waals surface area (Å²) in [6, 6.07) is 8.53. The minimum Gasteiger partial charge on any atom is -0.508 e. The number of likely N-dealkylation sites (tertiary alicyclic amines) is 1. The SMILES string of the molecule is CCC[C@H](N)C(=O)N[C@@H](Cc1ccc(O)cc1)C(=O)N[C@H](C(=O)N[C@@H](Cc1cnc[nH]1)C(=O)N1CCC[C@H]1C(=O)N[C@@H](Cc1ccccc1)C(=O)O)C(C)CC. The molecule has 0 bridgehead atoms. The van der Waals surface area contributed by atoms with Crippen LogP contribution in [0.5, 0.6) is 5.75 Å². The molecular weight excluding hydrogens is 720 g/mol. The lowest BCUT2D eigenvalue weighted by atomic mass is 9.96. The predicted molar refractivity (Wildman–Crippen MR) is 207 cm³/mol. The van der Waals surface area contributed by atoms with Crippen LogP contribution in [0.1, 0.15) is 69.7 Å². The van der Waals surface area contributed by atoms with Crippen molar-refractivity contribution in [1.29, 1.82) is 0 Å². The molecule has 1 aliphatic rings. The van der Waals surface area contributed by atoms with E-state index in [0.29, 0.717) is 43.4 Å². The Kier molecular flexibility index (Phi) is 15.9. The molecule has 1 fully saturated rings. The summed E-state index contributed by atoms with van der Waals surface area (Å²) in [5.74, 6) is -4.60. The molecule has 1 unspecified atom stereocenters. The molecule has 16 nitrogen and oxygen atoms in total. The maximum Gasteiger partial charge on any atom is 0.326 e. The summed E-state index contributed by atoms with van der Waals surface area (Å²) in [5, 5.41) is 30.6. The van der Waals surface area contributed by atoms with E-state index in [2.05, 4.69) is 31.2 Å². The lowest BCUT2D eigenvalue weighted by Crippen LogP contribution is -2.61. The van der Waals surface area contributed by atoms with Crippen molar-refractivity contribution in [2.24, 2.45) is 11.7 Å². The number of aromatic amines is 1. The van der Waals surface area contributed by atoms with Gasteiger partial charge in [-0.15, -0.1) is 0 Å². The largest absolute Gasteiger partial charge is 0.508 e. The minimum atomic E-state index is -1.23. The highest BCUT2D eigenvalue weighted by molar-refractivity contribution is 5.97. The van der Waals surface area contributed by atoms with Crippen LogP contribution in [0.2, 0.25) is 0 Å². The van der Waals surface area contributed by atoms with Crippen molar-refractivity contribution in [3.63, 3.8) is 0 Å². The summed E-state index contributed by atoms with van der Waals surface area (Å²) in [6.07, 6.45) is 5.31. The van der Waals surface area contributed by atoms with Crippen LogP contribution in [0.25, 0.3) is 0 Å². The normalized spacial score (nSPS) is 17.1. The Hall–Kier alpha value is -5.77. The molecule has 16 heteroatoms. The molecule has 1 aromatic heterocycles. The molecule has 5 amide bonds. The van der Waals surface area contributed by atoms with E-state index in [1.54, 1.807) is 49.4 Å². The third-order valence-electron chi connectivity index (χ3n) is 10.1. The fraction of sp³-hybridized carbons (Fsp3) is 0.475. The van der Waals surface area contributed by atoms with Crippen LogP contribution in [0.3, 0.4) is 0 Å². The Balaban J connectivity index is 1.54. The van der Waals surface area contributed by atoms with Gasteiger partial charge in [0.15, 0.2) is 0 Å². The lowest BCUT2D eigenvalue weighted by molar-refractivity contribution is -0.145. The Morgan fingerprint density at radius 2 is 1.52 bits per heavy atom. The van der Waals surface area contributed by atoms with Gasteiger partial charge in [0.2, 0.25) is 29.5 Å². The van der Waals surface area contributed by atoms with E-state index < -0.39 is 77.7 Å². The average Bonchev–Trinajstić information content (AvgIpc) is 3.90. The second-order valence-corrected chi connectivity index (χ2v) is 14.3. The van der Waals surface area contributed by atoms with Gasteiger partial charge in [-0.2, -0.15) is 0 Å². The number of carboxylic acid groups (broad SMARTS) is 1. The number of imidazole rings is 1. The molecule has 0 aliphatic carbocycles. The quantitative estimate of drug-likeness (QED) is 0.0818. The topological polar surface area (TPSA) is 249 Å². The first-order valence-electron chi connectivity index (χ1n) is 19.1. The van der Waals surface area contributed by atoms with E-state index in [9.17, 15) is 39.0 Å². The van der Waals surface area contributed by atoms with Crippen LogP contribution in [-0.2, 0) is 48.0 Å². The Labute approximate surface area is 326 Å². The zero-order valence-corrected chi connectivity index (χ0v) is 32.1. The Bertz CT molecular complexity index is 1770. The number of aromatic hydroxyl groups is 1. The smallest absolute Gasteiger partial charge is 0.326 e. The fourth-order valence-electron chi connectivity index (χ4n) is 6.65. The van der Waals surface area contributed by atoms with Gasteiger partial charge in [-0.25, -0.2) is 9.78 Å². The van der Waals surface area contributed by atoms with Gasteiger partial charge in [0, 0.05) is 37.7 Å². The number of amides is 5. The number of carboxylic acids is 1. The first kappa shape index (κ1) is 43.0. The van der Waals surface area contributed by atoms with Gasteiger partial charge in [0.1, 0.15) is 36.0 Å². The summed E-state index contributed by atoms with van der Waals surface area (Å²) < 4.78 is 0. The molecule has 302 valence electrons. The monoisotopic (exact) mass is 774 g/mol. The minimum absolute atomic E-state index is 0.0167. The molecule has 1 saturated heterocycles. The van der Waals surface area contributed by atoms with E-state index in [0.717, 1.165) is 5.56 Å². The van der Waals surface area contributed by atoms with Gasteiger partial charge in [-0.3, -0.25) is 24.0 Å². The molecule has 56 heavy (non-hydrogen) atoms. The van der Waals surface area contributed by atoms with Crippen LogP contribution in [0.4, 0.5) is 0 Å².